The number of carbonyl (C=O) groups excluding carboxylic acids is 1. The molecule has 0 saturated carbocycles. The normalized spacial score (nSPS) is 10.2. The summed E-state index contributed by atoms with van der Waals surface area (Å²) in [5, 5.41) is 24.8. The summed E-state index contributed by atoms with van der Waals surface area (Å²) in [5.74, 6) is -2.05. The van der Waals surface area contributed by atoms with E-state index in [1.165, 1.54) is 24.3 Å². The van der Waals surface area contributed by atoms with Gasteiger partial charge in [-0.1, -0.05) is 23.2 Å². The minimum atomic E-state index is -1.31. The van der Waals surface area contributed by atoms with E-state index in [0.717, 1.165) is 6.07 Å². The number of anilines is 1. The van der Waals surface area contributed by atoms with Gasteiger partial charge in [0.2, 0.25) is 0 Å². The van der Waals surface area contributed by atoms with Crippen molar-refractivity contribution >= 4 is 79.7 Å². The van der Waals surface area contributed by atoms with E-state index in [0.29, 0.717) is 4.47 Å². The standard InChI is InChI=1S/C15H8BrCl2N3O5S/c16-10-2-1-7(21(25)26)5-8(10)13(22)20-15(27)19-12-9(14(23)24)3-6(17)4-11(12)18/h1-5H,(H,23,24)(H2,19,20,22,27). The van der Waals surface area contributed by atoms with Gasteiger partial charge in [0.1, 0.15) is 0 Å². The highest BCUT2D eigenvalue weighted by molar-refractivity contribution is 9.10. The molecular formula is C15H8BrCl2N3O5S. The van der Waals surface area contributed by atoms with E-state index in [4.69, 9.17) is 35.4 Å². The summed E-state index contributed by atoms with van der Waals surface area (Å²) in [4.78, 5) is 33.9. The Bertz CT molecular complexity index is 986. The molecule has 1 amide bonds. The number of hydrogen-bond donors (Lipinski definition) is 3. The maximum Gasteiger partial charge on any atom is 0.337 e. The van der Waals surface area contributed by atoms with E-state index in [2.05, 4.69) is 26.6 Å². The Hall–Kier alpha value is -2.27. The molecule has 0 aliphatic carbocycles. The van der Waals surface area contributed by atoms with Crippen LogP contribution in [0.3, 0.4) is 0 Å². The van der Waals surface area contributed by atoms with Crippen LogP contribution in [0, 0.1) is 10.1 Å². The second kappa shape index (κ2) is 8.61. The first kappa shape index (κ1) is 21.0. The number of thiocarbonyl (C=S) groups is 1. The molecule has 2 rings (SSSR count). The van der Waals surface area contributed by atoms with Gasteiger partial charge in [0.15, 0.2) is 5.11 Å². The fourth-order valence-corrected chi connectivity index (χ4v) is 3.15. The van der Waals surface area contributed by atoms with Crippen LogP contribution in [-0.2, 0) is 0 Å². The largest absolute Gasteiger partial charge is 0.478 e. The van der Waals surface area contributed by atoms with Gasteiger partial charge < -0.3 is 10.4 Å². The molecule has 0 heterocycles. The van der Waals surface area contributed by atoms with Gasteiger partial charge in [-0.05, 0) is 46.3 Å². The summed E-state index contributed by atoms with van der Waals surface area (Å²) in [5.41, 5.74) is -0.622. The molecule has 140 valence electrons. The number of nitro groups is 1. The maximum atomic E-state index is 12.3. The zero-order valence-corrected chi connectivity index (χ0v) is 16.9. The third-order valence-corrected chi connectivity index (χ3v) is 4.57. The zero-order chi connectivity index (χ0) is 20.3. The lowest BCUT2D eigenvalue weighted by atomic mass is 10.1. The lowest BCUT2D eigenvalue weighted by molar-refractivity contribution is -0.384. The van der Waals surface area contributed by atoms with E-state index in [1.54, 1.807) is 0 Å². The smallest absolute Gasteiger partial charge is 0.337 e. The van der Waals surface area contributed by atoms with Crippen molar-refractivity contribution in [1.82, 2.24) is 5.32 Å². The molecule has 0 aromatic heterocycles. The van der Waals surface area contributed by atoms with Crippen molar-refractivity contribution in [1.29, 1.82) is 0 Å². The number of carboxylic acids is 1. The summed E-state index contributed by atoms with van der Waals surface area (Å²) in [7, 11) is 0. The van der Waals surface area contributed by atoms with Crippen LogP contribution in [0.2, 0.25) is 10.0 Å². The predicted octanol–water partition coefficient (Wildman–Crippen LogP) is 4.49. The van der Waals surface area contributed by atoms with E-state index < -0.39 is 16.8 Å². The molecule has 0 radical (unpaired) electrons. The zero-order valence-electron chi connectivity index (χ0n) is 13.0. The van der Waals surface area contributed by atoms with Gasteiger partial charge >= 0.3 is 5.97 Å². The highest BCUT2D eigenvalue weighted by Gasteiger charge is 2.19. The highest BCUT2D eigenvalue weighted by atomic mass is 79.9. The Morgan fingerprint density at radius 1 is 1.19 bits per heavy atom. The summed E-state index contributed by atoms with van der Waals surface area (Å²) >= 11 is 19.9. The van der Waals surface area contributed by atoms with E-state index in [1.807, 2.05) is 0 Å². The first-order chi connectivity index (χ1) is 12.6. The minimum Gasteiger partial charge on any atom is -0.478 e. The van der Waals surface area contributed by atoms with Gasteiger partial charge in [0.25, 0.3) is 11.6 Å². The van der Waals surface area contributed by atoms with Gasteiger partial charge in [-0.25, -0.2) is 4.79 Å². The molecule has 0 bridgehead atoms. The maximum absolute atomic E-state index is 12.3. The molecule has 27 heavy (non-hydrogen) atoms. The number of nitrogens with zero attached hydrogens (tertiary/aromatic N) is 1. The van der Waals surface area contributed by atoms with Crippen LogP contribution < -0.4 is 10.6 Å². The van der Waals surface area contributed by atoms with Crippen LogP contribution in [0.1, 0.15) is 20.7 Å². The third-order valence-electron chi connectivity index (χ3n) is 3.16. The number of nitro benzene ring substituents is 1. The number of nitrogens with one attached hydrogen (secondary N) is 2. The summed E-state index contributed by atoms with van der Waals surface area (Å²) in [6.45, 7) is 0. The number of amides is 1. The van der Waals surface area contributed by atoms with Crippen molar-refractivity contribution in [2.24, 2.45) is 0 Å². The summed E-state index contributed by atoms with van der Waals surface area (Å²) in [6, 6.07) is 6.12. The number of benzene rings is 2. The molecule has 3 N–H and O–H groups in total. The first-order valence-corrected chi connectivity index (χ1v) is 8.84. The third kappa shape index (κ3) is 5.13. The van der Waals surface area contributed by atoms with Gasteiger partial charge in [0.05, 0.1) is 26.8 Å². The molecule has 0 saturated heterocycles. The molecule has 2 aromatic carbocycles. The van der Waals surface area contributed by atoms with Crippen molar-refractivity contribution in [3.05, 3.63) is 66.1 Å². The van der Waals surface area contributed by atoms with Crippen LogP contribution in [-0.4, -0.2) is 27.0 Å². The Balaban J connectivity index is 2.25. The molecule has 0 aliphatic heterocycles. The van der Waals surface area contributed by atoms with Crippen molar-refractivity contribution in [2.75, 3.05) is 5.32 Å². The lowest BCUT2D eigenvalue weighted by Crippen LogP contribution is -2.34. The Labute approximate surface area is 175 Å². The van der Waals surface area contributed by atoms with Crippen LogP contribution in [0.15, 0.2) is 34.8 Å². The van der Waals surface area contributed by atoms with E-state index in [9.17, 15) is 24.8 Å². The van der Waals surface area contributed by atoms with Crippen LogP contribution >= 0.6 is 51.3 Å². The Kier molecular flexibility index (Phi) is 6.71. The molecule has 0 aliphatic rings. The van der Waals surface area contributed by atoms with Gasteiger partial charge in [-0.2, -0.15) is 0 Å². The molecule has 0 atom stereocenters. The monoisotopic (exact) mass is 491 g/mol. The van der Waals surface area contributed by atoms with E-state index in [-0.39, 0.29) is 37.7 Å². The molecule has 0 fully saturated rings. The molecule has 0 unspecified atom stereocenters. The number of hydrogen-bond acceptors (Lipinski definition) is 5. The fourth-order valence-electron chi connectivity index (χ4n) is 1.99. The second-order valence-corrected chi connectivity index (χ2v) is 7.05. The Morgan fingerprint density at radius 3 is 2.44 bits per heavy atom. The summed E-state index contributed by atoms with van der Waals surface area (Å²) in [6.07, 6.45) is 0. The number of non-ortho nitro benzene ring substituents is 1. The molecular weight excluding hydrogens is 485 g/mol. The van der Waals surface area contributed by atoms with Crippen molar-refractivity contribution in [2.45, 2.75) is 0 Å². The molecule has 2 aromatic rings. The Morgan fingerprint density at radius 2 is 1.85 bits per heavy atom. The average molecular weight is 493 g/mol. The van der Waals surface area contributed by atoms with Crippen LogP contribution in [0.5, 0.6) is 0 Å². The fraction of sp³-hybridized carbons (Fsp3) is 0. The SMILES string of the molecule is O=C(NC(=S)Nc1c(Cl)cc(Cl)cc1C(=O)O)c1cc([N+](=O)[O-])ccc1Br. The number of carboxylic acid groups (broad SMARTS) is 1. The second-order valence-electron chi connectivity index (χ2n) is 4.94. The minimum absolute atomic E-state index is 0.0203. The topological polar surface area (TPSA) is 122 Å². The number of carbonyl (C=O) groups is 2. The van der Waals surface area contributed by atoms with Gasteiger partial charge in [-0.15, -0.1) is 0 Å². The number of rotatable bonds is 4. The van der Waals surface area contributed by atoms with Gasteiger partial charge in [0, 0.05) is 21.6 Å². The van der Waals surface area contributed by atoms with Crippen molar-refractivity contribution < 1.29 is 19.6 Å². The van der Waals surface area contributed by atoms with E-state index >= 15 is 0 Å². The molecule has 12 heteroatoms. The molecule has 0 spiro atoms. The first-order valence-electron chi connectivity index (χ1n) is 6.88. The molecule has 8 nitrogen and oxygen atoms in total. The van der Waals surface area contributed by atoms with Gasteiger partial charge in [-0.3, -0.25) is 20.2 Å². The highest BCUT2D eigenvalue weighted by Crippen LogP contribution is 2.30. The van der Waals surface area contributed by atoms with Crippen molar-refractivity contribution in [3.8, 4) is 0 Å². The number of halogens is 3. The lowest BCUT2D eigenvalue weighted by Gasteiger charge is -2.14. The predicted molar refractivity (Wildman–Crippen MR) is 108 cm³/mol. The average Bonchev–Trinajstić information content (AvgIpc) is 2.56. The van der Waals surface area contributed by atoms with Crippen molar-refractivity contribution in [3.63, 3.8) is 0 Å². The quantitative estimate of drug-likeness (QED) is 0.326. The number of aromatic carboxylic acids is 1. The van der Waals surface area contributed by atoms with Crippen LogP contribution in [0.4, 0.5) is 11.4 Å². The summed E-state index contributed by atoms with van der Waals surface area (Å²) < 4.78 is 0.309. The van der Waals surface area contributed by atoms with Crippen LogP contribution in [0.25, 0.3) is 0 Å².